The lowest BCUT2D eigenvalue weighted by Crippen LogP contribution is -2.42. The number of halogens is 1. The van der Waals surface area contributed by atoms with E-state index in [1.807, 2.05) is 13.0 Å². The van der Waals surface area contributed by atoms with Gasteiger partial charge in [-0.2, -0.15) is 0 Å². The first-order valence-corrected chi connectivity index (χ1v) is 5.58. The van der Waals surface area contributed by atoms with E-state index >= 15 is 0 Å². The van der Waals surface area contributed by atoms with E-state index in [0.29, 0.717) is 18.5 Å². The van der Waals surface area contributed by atoms with Crippen LogP contribution in [0.15, 0.2) is 27.8 Å². The Morgan fingerprint density at radius 3 is 3.11 bits per heavy atom. The molecule has 6 nitrogen and oxygen atoms in total. The maximum Gasteiger partial charge on any atom is 0.239 e. The highest BCUT2D eigenvalue weighted by Gasteiger charge is 2.12. The van der Waals surface area contributed by atoms with E-state index in [4.69, 9.17) is 4.42 Å². The molecule has 0 spiro atoms. The van der Waals surface area contributed by atoms with E-state index in [1.165, 1.54) is 0 Å². The fraction of sp³-hybridized carbons (Fsp3) is 0.455. The number of carbonyl (C=O) groups is 1. The standard InChI is InChI=1S/C11H16N4O2.HI/c1-8-5-13-11(15-8)14-7-10(16)12-6-9-3-2-4-17-9;/h2-4,8H,5-7H2,1H3,(H,12,16)(H2,13,14,15);1H. The third-order valence-electron chi connectivity index (χ3n) is 2.36. The summed E-state index contributed by atoms with van der Waals surface area (Å²) in [7, 11) is 0. The van der Waals surface area contributed by atoms with Gasteiger partial charge in [0.1, 0.15) is 5.76 Å². The molecular weight excluding hydrogens is 347 g/mol. The summed E-state index contributed by atoms with van der Waals surface area (Å²) >= 11 is 0. The fourth-order valence-corrected chi connectivity index (χ4v) is 1.49. The Labute approximate surface area is 123 Å². The van der Waals surface area contributed by atoms with Crippen LogP contribution < -0.4 is 16.0 Å². The van der Waals surface area contributed by atoms with Gasteiger partial charge in [0, 0.05) is 6.04 Å². The minimum Gasteiger partial charge on any atom is -0.467 e. The lowest BCUT2D eigenvalue weighted by atomic mass is 10.4. The molecule has 1 amide bonds. The first-order chi connectivity index (χ1) is 8.24. The van der Waals surface area contributed by atoms with Gasteiger partial charge in [-0.3, -0.25) is 9.79 Å². The number of hydrogen-bond acceptors (Lipinski definition) is 5. The molecule has 2 rings (SSSR count). The number of hydrogen-bond donors (Lipinski definition) is 3. The number of aliphatic imine (C=N–C) groups is 1. The second-order valence-electron chi connectivity index (χ2n) is 3.94. The van der Waals surface area contributed by atoms with Crippen molar-refractivity contribution in [3.05, 3.63) is 24.2 Å². The van der Waals surface area contributed by atoms with Crippen LogP contribution in [0.25, 0.3) is 0 Å². The second kappa shape index (κ2) is 7.24. The summed E-state index contributed by atoms with van der Waals surface area (Å²) in [5.41, 5.74) is 0. The topological polar surface area (TPSA) is 78.7 Å². The van der Waals surface area contributed by atoms with Crippen LogP contribution in [0.4, 0.5) is 0 Å². The van der Waals surface area contributed by atoms with Crippen LogP contribution in [0.5, 0.6) is 0 Å². The molecule has 100 valence electrons. The SMILES string of the molecule is CC1CN=C(NCC(=O)NCc2ccco2)N1.I. The monoisotopic (exact) mass is 364 g/mol. The zero-order valence-electron chi connectivity index (χ0n) is 10.1. The molecule has 1 aliphatic heterocycles. The smallest absolute Gasteiger partial charge is 0.239 e. The van der Waals surface area contributed by atoms with Crippen molar-refractivity contribution in [2.75, 3.05) is 13.1 Å². The maximum absolute atomic E-state index is 11.5. The summed E-state index contributed by atoms with van der Waals surface area (Å²) in [6.45, 7) is 3.40. The molecule has 2 heterocycles. The van der Waals surface area contributed by atoms with Crippen LogP contribution in [-0.4, -0.2) is 31.0 Å². The van der Waals surface area contributed by atoms with Gasteiger partial charge >= 0.3 is 0 Å². The molecule has 0 aliphatic carbocycles. The summed E-state index contributed by atoms with van der Waals surface area (Å²) in [4.78, 5) is 15.7. The van der Waals surface area contributed by atoms with Crippen molar-refractivity contribution >= 4 is 35.8 Å². The largest absolute Gasteiger partial charge is 0.467 e. The number of furan rings is 1. The van der Waals surface area contributed by atoms with Gasteiger partial charge in [0.2, 0.25) is 5.91 Å². The van der Waals surface area contributed by atoms with Crippen molar-refractivity contribution in [2.24, 2.45) is 4.99 Å². The quantitative estimate of drug-likeness (QED) is 0.678. The van der Waals surface area contributed by atoms with Gasteiger partial charge < -0.3 is 20.4 Å². The number of nitrogens with zero attached hydrogens (tertiary/aromatic N) is 1. The molecule has 1 unspecified atom stereocenters. The fourth-order valence-electron chi connectivity index (χ4n) is 1.49. The van der Waals surface area contributed by atoms with Crippen molar-refractivity contribution in [1.29, 1.82) is 0 Å². The summed E-state index contributed by atoms with van der Waals surface area (Å²) < 4.78 is 5.10. The Hall–Kier alpha value is -1.25. The van der Waals surface area contributed by atoms with E-state index in [2.05, 4.69) is 20.9 Å². The molecule has 0 aromatic carbocycles. The molecule has 1 aliphatic rings. The van der Waals surface area contributed by atoms with Gasteiger partial charge in [-0.15, -0.1) is 24.0 Å². The van der Waals surface area contributed by atoms with E-state index in [-0.39, 0.29) is 36.4 Å². The molecule has 3 N–H and O–H groups in total. The van der Waals surface area contributed by atoms with Gasteiger partial charge in [0.05, 0.1) is 25.9 Å². The molecule has 0 saturated heterocycles. The highest BCUT2D eigenvalue weighted by Crippen LogP contribution is 1.98. The Morgan fingerprint density at radius 2 is 2.50 bits per heavy atom. The first-order valence-electron chi connectivity index (χ1n) is 5.58. The molecule has 18 heavy (non-hydrogen) atoms. The summed E-state index contributed by atoms with van der Waals surface area (Å²) in [5.74, 6) is 1.33. The Bertz CT molecular complexity index is 405. The summed E-state index contributed by atoms with van der Waals surface area (Å²) in [6, 6.07) is 3.94. The van der Waals surface area contributed by atoms with Crippen molar-refractivity contribution in [1.82, 2.24) is 16.0 Å². The average molecular weight is 364 g/mol. The van der Waals surface area contributed by atoms with Crippen LogP contribution in [0.3, 0.4) is 0 Å². The molecule has 0 fully saturated rings. The van der Waals surface area contributed by atoms with Crippen molar-refractivity contribution in [3.8, 4) is 0 Å². The lowest BCUT2D eigenvalue weighted by molar-refractivity contribution is -0.120. The van der Waals surface area contributed by atoms with Gasteiger partial charge in [-0.25, -0.2) is 0 Å². The van der Waals surface area contributed by atoms with E-state index < -0.39 is 0 Å². The average Bonchev–Trinajstić information content (AvgIpc) is 2.95. The molecule has 0 radical (unpaired) electrons. The first kappa shape index (κ1) is 14.8. The Balaban J connectivity index is 0.00000162. The summed E-state index contributed by atoms with van der Waals surface area (Å²) in [5, 5.41) is 8.80. The lowest BCUT2D eigenvalue weighted by Gasteiger charge is -2.08. The molecule has 7 heteroatoms. The third kappa shape index (κ3) is 4.55. The number of carbonyl (C=O) groups excluding carboxylic acids is 1. The highest BCUT2D eigenvalue weighted by atomic mass is 127. The minimum atomic E-state index is -0.0922. The predicted molar refractivity (Wildman–Crippen MR) is 78.9 cm³/mol. The van der Waals surface area contributed by atoms with Gasteiger partial charge in [0.15, 0.2) is 5.96 Å². The van der Waals surface area contributed by atoms with Crippen LogP contribution in [0.2, 0.25) is 0 Å². The molecule has 0 saturated carbocycles. The van der Waals surface area contributed by atoms with E-state index in [1.54, 1.807) is 12.3 Å². The molecule has 1 atom stereocenters. The Kier molecular flexibility index (Phi) is 5.96. The van der Waals surface area contributed by atoms with Crippen molar-refractivity contribution < 1.29 is 9.21 Å². The molecule has 1 aromatic rings. The van der Waals surface area contributed by atoms with Crippen LogP contribution in [-0.2, 0) is 11.3 Å². The number of amides is 1. The minimum absolute atomic E-state index is 0. The number of nitrogens with one attached hydrogen (secondary N) is 3. The maximum atomic E-state index is 11.5. The van der Waals surface area contributed by atoms with Gasteiger partial charge in [-0.05, 0) is 19.1 Å². The normalized spacial score (nSPS) is 17.4. The molecule has 1 aromatic heterocycles. The summed E-state index contributed by atoms with van der Waals surface area (Å²) in [6.07, 6.45) is 1.58. The van der Waals surface area contributed by atoms with Crippen molar-refractivity contribution in [3.63, 3.8) is 0 Å². The van der Waals surface area contributed by atoms with E-state index in [9.17, 15) is 4.79 Å². The van der Waals surface area contributed by atoms with Gasteiger partial charge in [0.25, 0.3) is 0 Å². The third-order valence-corrected chi connectivity index (χ3v) is 2.36. The van der Waals surface area contributed by atoms with Crippen molar-refractivity contribution in [2.45, 2.75) is 19.5 Å². The van der Waals surface area contributed by atoms with Crippen LogP contribution in [0, 0.1) is 0 Å². The Morgan fingerprint density at radius 1 is 1.67 bits per heavy atom. The zero-order chi connectivity index (χ0) is 12.1. The zero-order valence-corrected chi connectivity index (χ0v) is 12.4. The van der Waals surface area contributed by atoms with Crippen LogP contribution >= 0.6 is 24.0 Å². The predicted octanol–water partition coefficient (Wildman–Crippen LogP) is 0.451. The second-order valence-corrected chi connectivity index (χ2v) is 3.94. The number of guanidine groups is 1. The molecule has 0 bridgehead atoms. The van der Waals surface area contributed by atoms with E-state index in [0.717, 1.165) is 12.3 Å². The number of rotatable bonds is 4. The highest BCUT2D eigenvalue weighted by molar-refractivity contribution is 14.0. The van der Waals surface area contributed by atoms with Gasteiger partial charge in [-0.1, -0.05) is 0 Å². The molecular formula is C11H17IN4O2. The van der Waals surface area contributed by atoms with Crippen LogP contribution in [0.1, 0.15) is 12.7 Å².